The molecule has 0 aliphatic heterocycles. The predicted octanol–water partition coefficient (Wildman–Crippen LogP) is 2.75. The molecule has 3 N–H and O–H groups in total. The molecule has 0 radical (unpaired) electrons. The van der Waals surface area contributed by atoms with Gasteiger partial charge in [-0.1, -0.05) is 54.2 Å². The van der Waals surface area contributed by atoms with Gasteiger partial charge in [-0.15, -0.1) is 0 Å². The van der Waals surface area contributed by atoms with Gasteiger partial charge in [0.15, 0.2) is 10.9 Å². The van der Waals surface area contributed by atoms with Gasteiger partial charge >= 0.3 is 0 Å². The number of phenolic OH excluding ortho intramolecular Hbond substituents is 1. The van der Waals surface area contributed by atoms with Crippen molar-refractivity contribution >= 4 is 17.5 Å². The first kappa shape index (κ1) is 17.8. The topological polar surface area (TPSA) is 103 Å². The molecule has 0 unspecified atom stereocenters. The van der Waals surface area contributed by atoms with E-state index >= 15 is 0 Å². The first-order valence-electron chi connectivity index (χ1n) is 7.84. The van der Waals surface area contributed by atoms with E-state index in [2.05, 4.69) is 9.97 Å². The molecule has 0 aliphatic carbocycles. The first-order chi connectivity index (χ1) is 12.5. The number of hydrogen-bond donors (Lipinski definition) is 3. The Labute approximate surface area is 153 Å². The Bertz CT molecular complexity index is 986. The van der Waals surface area contributed by atoms with Crippen LogP contribution < -0.4 is 5.56 Å². The number of thioether (sulfide) groups is 1. The van der Waals surface area contributed by atoms with Crippen LogP contribution >= 0.6 is 11.8 Å². The minimum Gasteiger partial charge on any atom is -0.508 e. The zero-order valence-corrected chi connectivity index (χ0v) is 14.5. The van der Waals surface area contributed by atoms with E-state index in [9.17, 15) is 19.8 Å². The summed E-state index contributed by atoms with van der Waals surface area (Å²) in [5.74, 6) is -0.536. The molecule has 0 fully saturated rings. The standard InChI is InChI=1S/C19H16N2O4S/c22-14-8-4-7-13(10-14)16(23)11-26-19-20-17(24)15(18(25)21-19)9-12-5-2-1-3-6-12/h1-8,10,22H,9,11H2,(H2,20,21,24,25). The summed E-state index contributed by atoms with van der Waals surface area (Å²) in [7, 11) is 0. The number of benzene rings is 2. The van der Waals surface area contributed by atoms with E-state index in [4.69, 9.17) is 0 Å². The van der Waals surface area contributed by atoms with Crippen LogP contribution in [0.4, 0.5) is 0 Å². The van der Waals surface area contributed by atoms with E-state index in [0.29, 0.717) is 5.56 Å². The molecular weight excluding hydrogens is 352 g/mol. The van der Waals surface area contributed by atoms with Crippen LogP contribution in [0.3, 0.4) is 0 Å². The number of H-pyrrole nitrogens is 1. The molecule has 26 heavy (non-hydrogen) atoms. The number of aromatic hydroxyl groups is 2. The molecule has 1 aromatic heterocycles. The number of rotatable bonds is 6. The molecule has 0 saturated carbocycles. The highest BCUT2D eigenvalue weighted by atomic mass is 32.2. The quantitative estimate of drug-likeness (QED) is 0.351. The molecule has 0 saturated heterocycles. The van der Waals surface area contributed by atoms with E-state index in [-0.39, 0.29) is 40.3 Å². The van der Waals surface area contributed by atoms with Crippen molar-refractivity contribution in [2.45, 2.75) is 11.6 Å². The molecule has 0 bridgehead atoms. The zero-order chi connectivity index (χ0) is 18.5. The number of ketones is 1. The minimum atomic E-state index is -0.436. The average Bonchev–Trinajstić information content (AvgIpc) is 2.63. The molecule has 2 aromatic carbocycles. The molecule has 3 rings (SSSR count). The Kier molecular flexibility index (Phi) is 5.38. The minimum absolute atomic E-state index is 0.00953. The van der Waals surface area contributed by atoms with Crippen LogP contribution in [0.25, 0.3) is 0 Å². The van der Waals surface area contributed by atoms with Gasteiger partial charge in [0, 0.05) is 12.0 Å². The van der Waals surface area contributed by atoms with Crippen LogP contribution in [-0.4, -0.2) is 31.7 Å². The van der Waals surface area contributed by atoms with Crippen molar-refractivity contribution in [1.29, 1.82) is 0 Å². The van der Waals surface area contributed by atoms with Crippen molar-refractivity contribution in [3.8, 4) is 11.6 Å². The zero-order valence-electron chi connectivity index (χ0n) is 13.7. The van der Waals surface area contributed by atoms with Crippen LogP contribution in [0.1, 0.15) is 21.5 Å². The SMILES string of the molecule is O=C(CSc1nc(O)c(Cc2ccccc2)c(=O)[nH]1)c1cccc(O)c1. The van der Waals surface area contributed by atoms with Crippen molar-refractivity contribution in [2.24, 2.45) is 0 Å². The fourth-order valence-corrected chi connectivity index (χ4v) is 3.14. The van der Waals surface area contributed by atoms with Crippen molar-refractivity contribution in [1.82, 2.24) is 9.97 Å². The second-order valence-corrected chi connectivity index (χ2v) is 6.56. The maximum atomic E-state index is 12.2. The highest BCUT2D eigenvalue weighted by molar-refractivity contribution is 7.99. The smallest absolute Gasteiger partial charge is 0.258 e. The Morgan fingerprint density at radius 3 is 2.54 bits per heavy atom. The van der Waals surface area contributed by atoms with Crippen LogP contribution in [0.2, 0.25) is 0 Å². The lowest BCUT2D eigenvalue weighted by Crippen LogP contribution is -2.16. The fraction of sp³-hybridized carbons (Fsp3) is 0.105. The summed E-state index contributed by atoms with van der Waals surface area (Å²) in [6, 6.07) is 15.3. The fourth-order valence-electron chi connectivity index (χ4n) is 2.39. The molecule has 132 valence electrons. The van der Waals surface area contributed by atoms with Gasteiger partial charge in [-0.2, -0.15) is 4.98 Å². The van der Waals surface area contributed by atoms with E-state index in [0.717, 1.165) is 17.3 Å². The second-order valence-electron chi connectivity index (χ2n) is 5.60. The molecular formula is C19H16N2O4S. The summed E-state index contributed by atoms with van der Waals surface area (Å²) in [5.41, 5.74) is 0.993. The van der Waals surface area contributed by atoms with Crippen LogP contribution in [0, 0.1) is 0 Å². The Morgan fingerprint density at radius 1 is 1.08 bits per heavy atom. The third-order valence-electron chi connectivity index (χ3n) is 3.70. The van der Waals surface area contributed by atoms with Crippen LogP contribution in [0.5, 0.6) is 11.6 Å². The molecule has 3 aromatic rings. The summed E-state index contributed by atoms with van der Waals surface area (Å²) in [6.07, 6.45) is 0.266. The lowest BCUT2D eigenvalue weighted by molar-refractivity contribution is 0.102. The van der Waals surface area contributed by atoms with Gasteiger partial charge < -0.3 is 15.2 Å². The number of aromatic amines is 1. The van der Waals surface area contributed by atoms with Crippen LogP contribution in [-0.2, 0) is 6.42 Å². The van der Waals surface area contributed by atoms with Gasteiger partial charge in [0.05, 0.1) is 11.3 Å². The second kappa shape index (κ2) is 7.88. The Hall–Kier alpha value is -3.06. The maximum Gasteiger partial charge on any atom is 0.258 e. The third kappa shape index (κ3) is 4.31. The van der Waals surface area contributed by atoms with E-state index in [1.54, 1.807) is 12.1 Å². The maximum absolute atomic E-state index is 12.2. The van der Waals surface area contributed by atoms with Gasteiger partial charge in [-0.3, -0.25) is 9.59 Å². The summed E-state index contributed by atoms with van der Waals surface area (Å²) < 4.78 is 0. The van der Waals surface area contributed by atoms with Gasteiger partial charge in [0.25, 0.3) is 5.56 Å². The van der Waals surface area contributed by atoms with E-state index in [1.807, 2.05) is 30.3 Å². The lowest BCUT2D eigenvalue weighted by atomic mass is 10.1. The summed E-state index contributed by atoms with van der Waals surface area (Å²) in [5, 5.41) is 19.7. The number of hydrogen-bond acceptors (Lipinski definition) is 6. The van der Waals surface area contributed by atoms with Crippen molar-refractivity contribution < 1.29 is 15.0 Å². The van der Waals surface area contributed by atoms with Gasteiger partial charge in [-0.05, 0) is 17.7 Å². The van der Waals surface area contributed by atoms with Crippen LogP contribution in [0.15, 0.2) is 64.5 Å². The molecule has 7 heteroatoms. The average molecular weight is 368 g/mol. The summed E-state index contributed by atoms with van der Waals surface area (Å²) in [6.45, 7) is 0. The van der Waals surface area contributed by atoms with Crippen molar-refractivity contribution in [3.05, 3.63) is 81.6 Å². The largest absolute Gasteiger partial charge is 0.508 e. The number of nitrogens with zero attached hydrogens (tertiary/aromatic N) is 1. The molecule has 6 nitrogen and oxygen atoms in total. The molecule has 0 amide bonds. The monoisotopic (exact) mass is 368 g/mol. The summed E-state index contributed by atoms with van der Waals surface area (Å²) >= 11 is 1.01. The highest BCUT2D eigenvalue weighted by Crippen LogP contribution is 2.20. The third-order valence-corrected chi connectivity index (χ3v) is 4.58. The number of Topliss-reactive ketones (excluding diaryl/α,β-unsaturated/α-hetero) is 1. The van der Waals surface area contributed by atoms with Gasteiger partial charge in [-0.25, -0.2) is 0 Å². The Morgan fingerprint density at radius 2 is 1.85 bits per heavy atom. The Balaban J connectivity index is 1.72. The lowest BCUT2D eigenvalue weighted by Gasteiger charge is -2.06. The molecule has 1 heterocycles. The number of phenols is 1. The molecule has 0 spiro atoms. The first-order valence-corrected chi connectivity index (χ1v) is 8.82. The normalized spacial score (nSPS) is 10.6. The highest BCUT2D eigenvalue weighted by Gasteiger charge is 2.14. The number of nitrogens with one attached hydrogen (secondary N) is 1. The summed E-state index contributed by atoms with van der Waals surface area (Å²) in [4.78, 5) is 30.9. The predicted molar refractivity (Wildman–Crippen MR) is 98.9 cm³/mol. The number of carbonyl (C=O) groups excluding carboxylic acids is 1. The van der Waals surface area contributed by atoms with Crippen molar-refractivity contribution in [2.75, 3.05) is 5.75 Å². The number of carbonyl (C=O) groups is 1. The number of aromatic nitrogens is 2. The van der Waals surface area contributed by atoms with E-state index < -0.39 is 5.56 Å². The molecule has 0 atom stereocenters. The van der Waals surface area contributed by atoms with Crippen molar-refractivity contribution in [3.63, 3.8) is 0 Å². The van der Waals surface area contributed by atoms with Gasteiger partial charge in [0.1, 0.15) is 5.75 Å². The molecule has 0 aliphatic rings. The van der Waals surface area contributed by atoms with Gasteiger partial charge in [0.2, 0.25) is 5.88 Å². The van der Waals surface area contributed by atoms with E-state index in [1.165, 1.54) is 12.1 Å².